The van der Waals surface area contributed by atoms with Crippen LogP contribution in [-0.4, -0.2) is 53.8 Å². The summed E-state index contributed by atoms with van der Waals surface area (Å²) >= 11 is 5.84. The van der Waals surface area contributed by atoms with Crippen LogP contribution in [-0.2, 0) is 4.79 Å². The number of carbonyl (C=O) groups excluding carboxylic acids is 2. The van der Waals surface area contributed by atoms with Crippen molar-refractivity contribution < 1.29 is 9.59 Å². The lowest BCUT2D eigenvalue weighted by molar-refractivity contribution is -0.129. The molecule has 0 aliphatic carbocycles. The summed E-state index contributed by atoms with van der Waals surface area (Å²) in [4.78, 5) is 30.9. The van der Waals surface area contributed by atoms with Crippen molar-refractivity contribution in [1.29, 1.82) is 0 Å². The van der Waals surface area contributed by atoms with Crippen molar-refractivity contribution >= 4 is 23.4 Å². The number of carbonyl (C=O) groups is 2. The second-order valence-electron chi connectivity index (χ2n) is 4.37. The zero-order chi connectivity index (χ0) is 14.4. The average Bonchev–Trinajstić information content (AvgIpc) is 2.37. The van der Waals surface area contributed by atoms with Crippen LogP contribution in [0.1, 0.15) is 23.8 Å². The molecule has 0 fully saturated rings. The van der Waals surface area contributed by atoms with Gasteiger partial charge in [0.1, 0.15) is 12.2 Å². The number of nitrogens with zero attached hydrogens (tertiary/aromatic N) is 3. The Balaban J connectivity index is 2.86. The standard InChI is InChI=1S/C13H18ClN3O2/c1-4-7-17(9-12(18)16(2)3)13(19)11-8-10(14)5-6-15-11/h5-6,8H,4,7,9H2,1-3H3. The molecule has 19 heavy (non-hydrogen) atoms. The van der Waals surface area contributed by atoms with Crippen LogP contribution in [0.3, 0.4) is 0 Å². The van der Waals surface area contributed by atoms with Crippen molar-refractivity contribution in [3.05, 3.63) is 29.0 Å². The van der Waals surface area contributed by atoms with Crippen LogP contribution in [0.25, 0.3) is 0 Å². The van der Waals surface area contributed by atoms with Crippen LogP contribution in [0, 0.1) is 0 Å². The van der Waals surface area contributed by atoms with Crippen LogP contribution in [0.2, 0.25) is 5.02 Å². The van der Waals surface area contributed by atoms with Gasteiger partial charge in [-0.25, -0.2) is 0 Å². The van der Waals surface area contributed by atoms with Crippen molar-refractivity contribution in [1.82, 2.24) is 14.8 Å². The SMILES string of the molecule is CCCN(CC(=O)N(C)C)C(=O)c1cc(Cl)ccn1. The Morgan fingerprint density at radius 2 is 2.05 bits per heavy atom. The van der Waals surface area contributed by atoms with E-state index in [0.717, 1.165) is 6.42 Å². The zero-order valence-electron chi connectivity index (χ0n) is 11.4. The summed E-state index contributed by atoms with van der Waals surface area (Å²) in [6.45, 7) is 2.51. The number of hydrogen-bond acceptors (Lipinski definition) is 3. The molecule has 1 aromatic heterocycles. The molecule has 0 N–H and O–H groups in total. The van der Waals surface area contributed by atoms with Gasteiger partial charge in [-0.3, -0.25) is 14.6 Å². The first-order valence-electron chi connectivity index (χ1n) is 6.06. The average molecular weight is 284 g/mol. The summed E-state index contributed by atoms with van der Waals surface area (Å²) in [5.74, 6) is -0.400. The van der Waals surface area contributed by atoms with E-state index in [-0.39, 0.29) is 24.1 Å². The Hall–Kier alpha value is -1.62. The third-order valence-electron chi connectivity index (χ3n) is 2.55. The van der Waals surface area contributed by atoms with Gasteiger partial charge in [0, 0.05) is 31.9 Å². The molecule has 0 spiro atoms. The van der Waals surface area contributed by atoms with E-state index in [1.807, 2.05) is 6.92 Å². The van der Waals surface area contributed by atoms with Gasteiger partial charge in [0.2, 0.25) is 5.91 Å². The quantitative estimate of drug-likeness (QED) is 0.826. The number of amides is 2. The van der Waals surface area contributed by atoms with Gasteiger partial charge in [-0.1, -0.05) is 18.5 Å². The van der Waals surface area contributed by atoms with E-state index >= 15 is 0 Å². The molecular formula is C13H18ClN3O2. The third-order valence-corrected chi connectivity index (χ3v) is 2.78. The summed E-state index contributed by atoms with van der Waals surface area (Å²) < 4.78 is 0. The molecule has 0 saturated carbocycles. The van der Waals surface area contributed by atoms with E-state index in [1.54, 1.807) is 20.2 Å². The van der Waals surface area contributed by atoms with Crippen molar-refractivity contribution in [3.8, 4) is 0 Å². The summed E-state index contributed by atoms with van der Waals surface area (Å²) in [5, 5.41) is 0.453. The zero-order valence-corrected chi connectivity index (χ0v) is 12.1. The molecule has 1 heterocycles. The van der Waals surface area contributed by atoms with Crippen LogP contribution in [0.4, 0.5) is 0 Å². The number of rotatable bonds is 5. The van der Waals surface area contributed by atoms with Crippen molar-refractivity contribution in [3.63, 3.8) is 0 Å². The van der Waals surface area contributed by atoms with Crippen LogP contribution < -0.4 is 0 Å². The van der Waals surface area contributed by atoms with Gasteiger partial charge in [0.05, 0.1) is 0 Å². The largest absolute Gasteiger partial charge is 0.347 e. The van der Waals surface area contributed by atoms with E-state index in [4.69, 9.17) is 11.6 Å². The number of hydrogen-bond donors (Lipinski definition) is 0. The lowest BCUT2D eigenvalue weighted by atomic mass is 10.3. The lowest BCUT2D eigenvalue weighted by Crippen LogP contribution is -2.41. The Morgan fingerprint density at radius 3 is 2.58 bits per heavy atom. The molecule has 104 valence electrons. The minimum atomic E-state index is -0.278. The molecule has 6 heteroatoms. The van der Waals surface area contributed by atoms with Crippen molar-refractivity contribution in [2.24, 2.45) is 0 Å². The summed E-state index contributed by atoms with van der Waals surface area (Å²) in [7, 11) is 3.32. The third kappa shape index (κ3) is 4.52. The van der Waals surface area contributed by atoms with Gasteiger partial charge in [0.25, 0.3) is 5.91 Å². The van der Waals surface area contributed by atoms with Crippen LogP contribution in [0.5, 0.6) is 0 Å². The normalized spacial score (nSPS) is 10.1. The maximum atomic E-state index is 12.3. The van der Waals surface area contributed by atoms with Gasteiger partial charge < -0.3 is 9.80 Å². The highest BCUT2D eigenvalue weighted by Gasteiger charge is 2.20. The monoisotopic (exact) mass is 283 g/mol. The number of pyridine rings is 1. The molecule has 0 bridgehead atoms. The van der Waals surface area contributed by atoms with Gasteiger partial charge in [-0.2, -0.15) is 0 Å². The van der Waals surface area contributed by atoms with E-state index in [2.05, 4.69) is 4.98 Å². The smallest absolute Gasteiger partial charge is 0.272 e. The van der Waals surface area contributed by atoms with Crippen molar-refractivity contribution in [2.45, 2.75) is 13.3 Å². The first kappa shape index (κ1) is 15.4. The maximum absolute atomic E-state index is 12.3. The van der Waals surface area contributed by atoms with E-state index < -0.39 is 0 Å². The number of aromatic nitrogens is 1. The molecule has 0 radical (unpaired) electrons. The molecule has 0 aromatic carbocycles. The second-order valence-corrected chi connectivity index (χ2v) is 4.81. The molecule has 0 saturated heterocycles. The number of likely N-dealkylation sites (N-methyl/N-ethyl adjacent to an activating group) is 1. The predicted octanol–water partition coefficient (Wildman–Crippen LogP) is 1.68. The van der Waals surface area contributed by atoms with E-state index in [0.29, 0.717) is 11.6 Å². The molecule has 0 aliphatic heterocycles. The first-order chi connectivity index (χ1) is 8.95. The molecule has 1 rings (SSSR count). The lowest BCUT2D eigenvalue weighted by Gasteiger charge is -2.23. The fourth-order valence-electron chi connectivity index (χ4n) is 1.51. The fourth-order valence-corrected chi connectivity index (χ4v) is 1.67. The van der Waals surface area contributed by atoms with Gasteiger partial charge in [-0.15, -0.1) is 0 Å². The van der Waals surface area contributed by atoms with Gasteiger partial charge in [0.15, 0.2) is 0 Å². The second kappa shape index (κ2) is 7.09. The minimum absolute atomic E-state index is 0.0495. The maximum Gasteiger partial charge on any atom is 0.272 e. The Morgan fingerprint density at radius 1 is 1.37 bits per heavy atom. The molecular weight excluding hydrogens is 266 g/mol. The number of halogens is 1. The van der Waals surface area contributed by atoms with E-state index in [1.165, 1.54) is 22.1 Å². The van der Waals surface area contributed by atoms with Crippen LogP contribution in [0.15, 0.2) is 18.3 Å². The van der Waals surface area contributed by atoms with Gasteiger partial charge >= 0.3 is 0 Å². The molecule has 5 nitrogen and oxygen atoms in total. The molecule has 0 atom stereocenters. The topological polar surface area (TPSA) is 53.5 Å². The Bertz CT molecular complexity index is 463. The summed E-state index contributed by atoms with van der Waals surface area (Å²) in [6, 6.07) is 3.11. The highest BCUT2D eigenvalue weighted by atomic mass is 35.5. The molecule has 0 aliphatic rings. The first-order valence-corrected chi connectivity index (χ1v) is 6.44. The summed E-state index contributed by atoms with van der Waals surface area (Å²) in [5.41, 5.74) is 0.257. The highest BCUT2D eigenvalue weighted by Crippen LogP contribution is 2.10. The minimum Gasteiger partial charge on any atom is -0.347 e. The molecule has 1 aromatic rings. The van der Waals surface area contributed by atoms with Gasteiger partial charge in [-0.05, 0) is 18.6 Å². The highest BCUT2D eigenvalue weighted by molar-refractivity contribution is 6.30. The van der Waals surface area contributed by atoms with Crippen LogP contribution >= 0.6 is 11.6 Å². The predicted molar refractivity (Wildman–Crippen MR) is 74.1 cm³/mol. The fraction of sp³-hybridized carbons (Fsp3) is 0.462. The molecule has 0 unspecified atom stereocenters. The Labute approximate surface area is 118 Å². The summed E-state index contributed by atoms with van der Waals surface area (Å²) in [6.07, 6.45) is 2.25. The molecule has 2 amide bonds. The van der Waals surface area contributed by atoms with E-state index in [9.17, 15) is 9.59 Å². The van der Waals surface area contributed by atoms with Crippen molar-refractivity contribution in [2.75, 3.05) is 27.2 Å². The Kier molecular flexibility index (Phi) is 5.76.